The zero-order valence-electron chi connectivity index (χ0n) is 10.9. The second-order valence-corrected chi connectivity index (χ2v) is 5.54. The van der Waals surface area contributed by atoms with Gasteiger partial charge in [0.2, 0.25) is 0 Å². The molecule has 3 heteroatoms. The van der Waals surface area contributed by atoms with Crippen LogP contribution in [0.25, 0.3) is 10.2 Å². The number of anilines is 1. The van der Waals surface area contributed by atoms with Gasteiger partial charge in [-0.3, -0.25) is 0 Å². The van der Waals surface area contributed by atoms with Gasteiger partial charge in [-0.2, -0.15) is 0 Å². The van der Waals surface area contributed by atoms with E-state index in [2.05, 4.69) is 59.7 Å². The van der Waals surface area contributed by atoms with Crippen LogP contribution in [0.2, 0.25) is 0 Å². The summed E-state index contributed by atoms with van der Waals surface area (Å²) in [7, 11) is 0. The first-order valence-corrected chi connectivity index (χ1v) is 7.34. The topological polar surface area (TPSA) is 24.9 Å². The Balaban J connectivity index is 1.78. The zero-order chi connectivity index (χ0) is 13.1. The van der Waals surface area contributed by atoms with Gasteiger partial charge >= 0.3 is 0 Å². The number of nitrogens with one attached hydrogen (secondary N) is 1. The van der Waals surface area contributed by atoms with Crippen LogP contribution < -0.4 is 5.32 Å². The van der Waals surface area contributed by atoms with Crippen molar-refractivity contribution in [1.29, 1.82) is 0 Å². The number of hydrogen-bond acceptors (Lipinski definition) is 3. The Kier molecular flexibility index (Phi) is 3.47. The summed E-state index contributed by atoms with van der Waals surface area (Å²) >= 11 is 1.72. The molecule has 0 radical (unpaired) electrons. The first kappa shape index (κ1) is 12.2. The van der Waals surface area contributed by atoms with Gasteiger partial charge in [-0.15, -0.1) is 0 Å². The highest BCUT2D eigenvalue weighted by molar-refractivity contribution is 7.22. The molecule has 0 unspecified atom stereocenters. The second kappa shape index (κ2) is 5.41. The van der Waals surface area contributed by atoms with Crippen molar-refractivity contribution in [2.45, 2.75) is 19.9 Å². The van der Waals surface area contributed by atoms with Crippen LogP contribution >= 0.6 is 11.3 Å². The maximum Gasteiger partial charge on any atom is 0.184 e. The van der Waals surface area contributed by atoms with E-state index in [4.69, 9.17) is 0 Å². The van der Waals surface area contributed by atoms with Crippen LogP contribution in [0.5, 0.6) is 0 Å². The predicted octanol–water partition coefficient (Wildman–Crippen LogP) is 4.47. The molecular weight excluding hydrogens is 252 g/mol. The van der Waals surface area contributed by atoms with Crippen molar-refractivity contribution in [1.82, 2.24) is 4.98 Å². The van der Waals surface area contributed by atoms with Gasteiger partial charge < -0.3 is 5.32 Å². The molecule has 1 N–H and O–H groups in total. The fraction of sp³-hybridized carbons (Fsp3) is 0.188. The normalized spacial score (nSPS) is 10.8. The Morgan fingerprint density at radius 2 is 1.89 bits per heavy atom. The summed E-state index contributed by atoms with van der Waals surface area (Å²) in [5.41, 5.74) is 3.72. The van der Waals surface area contributed by atoms with E-state index < -0.39 is 0 Å². The molecule has 0 fully saturated rings. The van der Waals surface area contributed by atoms with Crippen LogP contribution in [0.3, 0.4) is 0 Å². The summed E-state index contributed by atoms with van der Waals surface area (Å²) in [5.74, 6) is 0. The number of benzene rings is 2. The summed E-state index contributed by atoms with van der Waals surface area (Å²) < 4.78 is 1.26. The third-order valence-electron chi connectivity index (χ3n) is 3.15. The van der Waals surface area contributed by atoms with Gasteiger partial charge in [-0.05, 0) is 29.7 Å². The molecule has 0 aliphatic carbocycles. The molecule has 3 rings (SSSR count). The molecule has 19 heavy (non-hydrogen) atoms. The number of fused-ring (bicyclic) bond motifs is 1. The quantitative estimate of drug-likeness (QED) is 0.755. The van der Waals surface area contributed by atoms with E-state index in [0.29, 0.717) is 0 Å². The highest BCUT2D eigenvalue weighted by Crippen LogP contribution is 2.27. The van der Waals surface area contributed by atoms with Crippen LogP contribution in [0.4, 0.5) is 5.13 Å². The second-order valence-electron chi connectivity index (χ2n) is 4.51. The Morgan fingerprint density at radius 1 is 1.05 bits per heavy atom. The van der Waals surface area contributed by atoms with Gasteiger partial charge in [0.15, 0.2) is 5.13 Å². The average molecular weight is 268 g/mol. The number of nitrogens with zero attached hydrogens (tertiary/aromatic N) is 1. The summed E-state index contributed by atoms with van der Waals surface area (Å²) in [6.07, 6.45) is 1.07. The fourth-order valence-corrected chi connectivity index (χ4v) is 2.96. The molecule has 0 amide bonds. The van der Waals surface area contributed by atoms with Gasteiger partial charge in [0.05, 0.1) is 10.2 Å². The van der Waals surface area contributed by atoms with Gasteiger partial charge in [-0.25, -0.2) is 4.98 Å². The third-order valence-corrected chi connectivity index (χ3v) is 4.12. The summed E-state index contributed by atoms with van der Waals surface area (Å²) in [5, 5.41) is 4.39. The Morgan fingerprint density at radius 3 is 2.68 bits per heavy atom. The predicted molar refractivity (Wildman–Crippen MR) is 82.8 cm³/mol. The average Bonchev–Trinajstić information content (AvgIpc) is 2.88. The molecule has 2 nitrogen and oxygen atoms in total. The molecule has 96 valence electrons. The highest BCUT2D eigenvalue weighted by atomic mass is 32.1. The van der Waals surface area contributed by atoms with Crippen LogP contribution in [-0.2, 0) is 13.0 Å². The molecule has 0 bridgehead atoms. The number of aromatic nitrogens is 1. The molecule has 0 atom stereocenters. The molecule has 0 aliphatic rings. The number of aryl methyl sites for hydroxylation is 1. The van der Waals surface area contributed by atoms with Crippen molar-refractivity contribution in [2.24, 2.45) is 0 Å². The SMILES string of the molecule is CCc1ccc2nc(NCc3ccccc3)sc2c1. The number of rotatable bonds is 4. The van der Waals surface area contributed by atoms with Gasteiger partial charge in [0.1, 0.15) is 0 Å². The smallest absolute Gasteiger partial charge is 0.184 e. The van der Waals surface area contributed by atoms with Crippen LogP contribution in [0.1, 0.15) is 18.1 Å². The lowest BCUT2D eigenvalue weighted by Crippen LogP contribution is -1.97. The summed E-state index contributed by atoms with van der Waals surface area (Å²) in [6, 6.07) is 16.9. The van der Waals surface area contributed by atoms with E-state index in [0.717, 1.165) is 23.6 Å². The van der Waals surface area contributed by atoms with Gasteiger partial charge in [-0.1, -0.05) is 54.7 Å². The van der Waals surface area contributed by atoms with Crippen LogP contribution in [-0.4, -0.2) is 4.98 Å². The lowest BCUT2D eigenvalue weighted by atomic mass is 10.2. The number of hydrogen-bond donors (Lipinski definition) is 1. The first-order chi connectivity index (χ1) is 9.35. The van der Waals surface area contributed by atoms with Crippen molar-refractivity contribution < 1.29 is 0 Å². The van der Waals surface area contributed by atoms with E-state index >= 15 is 0 Å². The lowest BCUT2D eigenvalue weighted by molar-refractivity contribution is 1.14. The minimum absolute atomic E-state index is 0.821. The zero-order valence-corrected chi connectivity index (χ0v) is 11.7. The molecule has 1 aromatic heterocycles. The maximum absolute atomic E-state index is 4.61. The molecule has 3 aromatic rings. The Hall–Kier alpha value is -1.87. The molecule has 0 saturated heterocycles. The molecule has 0 aliphatic heterocycles. The van der Waals surface area contributed by atoms with Crippen molar-refractivity contribution >= 4 is 26.7 Å². The monoisotopic (exact) mass is 268 g/mol. The van der Waals surface area contributed by atoms with E-state index in [9.17, 15) is 0 Å². The Bertz CT molecular complexity index is 674. The molecule has 1 heterocycles. The molecular formula is C16H16N2S. The Labute approximate surface area is 117 Å². The minimum Gasteiger partial charge on any atom is -0.357 e. The largest absolute Gasteiger partial charge is 0.357 e. The molecule has 0 spiro atoms. The molecule has 0 saturated carbocycles. The summed E-state index contributed by atoms with van der Waals surface area (Å²) in [6.45, 7) is 3.00. The lowest BCUT2D eigenvalue weighted by Gasteiger charge is -2.01. The van der Waals surface area contributed by atoms with E-state index in [-0.39, 0.29) is 0 Å². The van der Waals surface area contributed by atoms with E-state index in [1.54, 1.807) is 11.3 Å². The van der Waals surface area contributed by atoms with E-state index in [1.807, 2.05) is 6.07 Å². The van der Waals surface area contributed by atoms with Gasteiger partial charge in [0.25, 0.3) is 0 Å². The first-order valence-electron chi connectivity index (χ1n) is 6.52. The van der Waals surface area contributed by atoms with Gasteiger partial charge in [0, 0.05) is 6.54 Å². The fourth-order valence-electron chi connectivity index (χ4n) is 2.04. The van der Waals surface area contributed by atoms with Crippen molar-refractivity contribution in [3.63, 3.8) is 0 Å². The summed E-state index contributed by atoms with van der Waals surface area (Å²) in [4.78, 5) is 4.61. The minimum atomic E-state index is 0.821. The van der Waals surface area contributed by atoms with Crippen molar-refractivity contribution in [3.05, 3.63) is 59.7 Å². The third kappa shape index (κ3) is 2.76. The standard InChI is InChI=1S/C16H16N2S/c1-2-12-8-9-14-15(10-12)19-16(18-14)17-11-13-6-4-3-5-7-13/h3-10H,2,11H2,1H3,(H,17,18). The van der Waals surface area contributed by atoms with Crippen LogP contribution in [0, 0.1) is 0 Å². The number of thiazole rings is 1. The van der Waals surface area contributed by atoms with Crippen molar-refractivity contribution in [2.75, 3.05) is 5.32 Å². The van der Waals surface area contributed by atoms with E-state index in [1.165, 1.54) is 15.8 Å². The van der Waals surface area contributed by atoms with Crippen LogP contribution in [0.15, 0.2) is 48.5 Å². The maximum atomic E-state index is 4.61. The highest BCUT2D eigenvalue weighted by Gasteiger charge is 2.04. The van der Waals surface area contributed by atoms with Crippen molar-refractivity contribution in [3.8, 4) is 0 Å². The molecule has 2 aromatic carbocycles.